The monoisotopic (exact) mass is 850 g/mol. The smallest absolute Gasteiger partial charge is 0.330 e. The molecule has 0 spiro atoms. The average molecular weight is 851 g/mol. The number of amides is 1. The number of fused-ring (bicyclic) bond motifs is 1. The Labute approximate surface area is 344 Å². The van der Waals surface area contributed by atoms with E-state index in [1.165, 1.54) is 61.4 Å². The van der Waals surface area contributed by atoms with Crippen LogP contribution in [0.1, 0.15) is 105 Å². The van der Waals surface area contributed by atoms with E-state index in [2.05, 4.69) is 5.32 Å². The third kappa shape index (κ3) is 14.3. The molecule has 0 saturated carbocycles. The number of anilines is 1. The quantitative estimate of drug-likeness (QED) is 0.0414. The Hall–Kier alpha value is -4.68. The third-order valence-electron chi connectivity index (χ3n) is 9.36. The van der Waals surface area contributed by atoms with Gasteiger partial charge in [0, 0.05) is 64.3 Å². The first kappa shape index (κ1) is 47.7. The molecule has 3 aliphatic rings. The number of nitrogens with one attached hydrogen (secondary N) is 1. The van der Waals surface area contributed by atoms with Crippen molar-refractivity contribution in [1.82, 2.24) is 4.57 Å². The van der Waals surface area contributed by atoms with Crippen molar-refractivity contribution >= 4 is 68.0 Å². The number of rotatable bonds is 20. The van der Waals surface area contributed by atoms with E-state index in [0.717, 1.165) is 23.8 Å². The molecule has 0 aromatic rings. The van der Waals surface area contributed by atoms with E-state index in [-0.39, 0.29) is 48.8 Å². The van der Waals surface area contributed by atoms with Crippen LogP contribution in [0.2, 0.25) is 0 Å². The molecule has 1 N–H and O–H groups in total. The van der Waals surface area contributed by atoms with Crippen LogP contribution in [-0.4, -0.2) is 90.0 Å². The number of ether oxygens (including phenoxy) is 6. The number of esters is 5. The Bertz CT molecular complexity index is 1860. The number of carbonyl (C=O) groups is 7. The highest BCUT2D eigenvalue weighted by Gasteiger charge is 2.49. The topological polar surface area (TPSA) is 209 Å². The SMILES string of the molecule is CC(=O)OC(C)C(C)/C=C/CC1COC(C(OC(C)=O)/C(C)=C/C(=O)OCCCCCCCC(=O)Nc2c3sscc-3n(C(C)=O)c2=O)C(OC(C)=O)C1OC(C)=O. The highest BCUT2D eigenvalue weighted by atomic mass is 32.9. The van der Waals surface area contributed by atoms with Gasteiger partial charge < -0.3 is 33.7 Å². The zero-order chi connectivity index (χ0) is 43.1. The standard InChI is InChI=1S/C40H54N2O14S2/c1-22(24(3)53-26(5)44)15-14-16-30-20-52-37(38(56-29(8)47)36(30)55-28(7)46)35(54-27(6)45)23(2)19-33(49)51-18-13-11-9-10-12-17-32(48)41-34-39-31(21-57-58-39)42(25(4)43)40(34)50/h14-15,19,21-22,24,30,35-38H,9-13,16-18,20H2,1-8H3,(H,41,48)/b15-14+,23-19+. The van der Waals surface area contributed by atoms with Gasteiger partial charge in [-0.1, -0.05) is 59.0 Å². The minimum Gasteiger partial charge on any atom is -0.463 e. The molecule has 3 aliphatic heterocycles. The summed E-state index contributed by atoms with van der Waals surface area (Å²) in [4.78, 5) is 98.9. The molecule has 1 saturated heterocycles. The summed E-state index contributed by atoms with van der Waals surface area (Å²) in [5.41, 5.74) is 0.331. The van der Waals surface area contributed by atoms with Crippen molar-refractivity contribution in [2.75, 3.05) is 18.5 Å². The van der Waals surface area contributed by atoms with Crippen molar-refractivity contribution < 1.29 is 62.0 Å². The summed E-state index contributed by atoms with van der Waals surface area (Å²) in [5.74, 6) is -4.44. The molecule has 3 heterocycles. The first-order chi connectivity index (χ1) is 27.4. The van der Waals surface area contributed by atoms with Gasteiger partial charge in [-0.25, -0.2) is 9.36 Å². The maximum Gasteiger partial charge on any atom is 0.330 e. The van der Waals surface area contributed by atoms with Crippen LogP contribution in [0.25, 0.3) is 10.6 Å². The third-order valence-corrected chi connectivity index (χ3v) is 11.4. The number of carbonyl (C=O) groups excluding carboxylic acids is 7. The fourth-order valence-corrected chi connectivity index (χ4v) is 8.70. The van der Waals surface area contributed by atoms with Crippen LogP contribution >= 0.6 is 20.7 Å². The highest BCUT2D eigenvalue weighted by Crippen LogP contribution is 2.37. The molecular weight excluding hydrogens is 797 g/mol. The molecule has 320 valence electrons. The first-order valence-corrected chi connectivity index (χ1v) is 21.4. The molecule has 16 nitrogen and oxygen atoms in total. The van der Waals surface area contributed by atoms with Gasteiger partial charge in [0.15, 0.2) is 12.2 Å². The van der Waals surface area contributed by atoms with Gasteiger partial charge in [-0.2, -0.15) is 0 Å². The van der Waals surface area contributed by atoms with Crippen LogP contribution in [0.5, 0.6) is 0 Å². The van der Waals surface area contributed by atoms with Gasteiger partial charge in [0.1, 0.15) is 24.0 Å². The number of hydrogen-bond donors (Lipinski definition) is 1. The van der Waals surface area contributed by atoms with Crippen LogP contribution in [-0.2, 0) is 57.2 Å². The van der Waals surface area contributed by atoms with Gasteiger partial charge in [0.25, 0.3) is 5.56 Å². The van der Waals surface area contributed by atoms with Gasteiger partial charge in [0.05, 0.1) is 23.8 Å². The molecule has 0 aromatic heterocycles. The lowest BCUT2D eigenvalue weighted by Gasteiger charge is -2.43. The predicted octanol–water partition coefficient (Wildman–Crippen LogP) is 5.85. The summed E-state index contributed by atoms with van der Waals surface area (Å²) in [6, 6.07) is 0. The average Bonchev–Trinajstić information content (AvgIpc) is 3.69. The van der Waals surface area contributed by atoms with Gasteiger partial charge in [-0.3, -0.25) is 33.6 Å². The molecule has 7 unspecified atom stereocenters. The van der Waals surface area contributed by atoms with Crippen molar-refractivity contribution in [2.45, 2.75) is 131 Å². The fourth-order valence-electron chi connectivity index (χ4n) is 6.50. The largest absolute Gasteiger partial charge is 0.463 e. The van der Waals surface area contributed by atoms with E-state index in [1.807, 2.05) is 19.1 Å². The van der Waals surface area contributed by atoms with E-state index < -0.39 is 71.6 Å². The second-order valence-corrected chi connectivity index (χ2v) is 16.3. The second kappa shape index (κ2) is 23.0. The van der Waals surface area contributed by atoms with Crippen molar-refractivity contribution in [2.24, 2.45) is 11.8 Å². The van der Waals surface area contributed by atoms with E-state index in [1.54, 1.807) is 19.2 Å². The fraction of sp³-hybridized carbons (Fsp3) is 0.600. The molecule has 1 fully saturated rings. The van der Waals surface area contributed by atoms with E-state index >= 15 is 0 Å². The Morgan fingerprint density at radius 2 is 1.52 bits per heavy atom. The summed E-state index contributed by atoms with van der Waals surface area (Å²) in [7, 11) is 2.69. The molecule has 0 aromatic carbocycles. The first-order valence-electron chi connectivity index (χ1n) is 19.2. The zero-order valence-corrected chi connectivity index (χ0v) is 35.8. The van der Waals surface area contributed by atoms with Gasteiger partial charge in [0.2, 0.25) is 11.8 Å². The molecule has 0 aliphatic carbocycles. The Kier molecular flexibility index (Phi) is 19.0. The lowest BCUT2D eigenvalue weighted by molar-refractivity contribution is -0.221. The molecule has 18 heteroatoms. The van der Waals surface area contributed by atoms with Crippen molar-refractivity contribution in [3.8, 4) is 10.6 Å². The van der Waals surface area contributed by atoms with Crippen LogP contribution in [0, 0.1) is 11.8 Å². The zero-order valence-electron chi connectivity index (χ0n) is 34.2. The number of aromatic nitrogens is 1. The van der Waals surface area contributed by atoms with Crippen molar-refractivity contribution in [3.05, 3.63) is 39.5 Å². The summed E-state index contributed by atoms with van der Waals surface area (Å²) in [6.07, 6.45) is 3.81. The van der Waals surface area contributed by atoms with Crippen LogP contribution in [0.15, 0.2) is 34.0 Å². The lowest BCUT2D eigenvalue weighted by atomic mass is 9.85. The van der Waals surface area contributed by atoms with E-state index in [9.17, 15) is 38.4 Å². The summed E-state index contributed by atoms with van der Waals surface area (Å²) >= 11 is 0. The number of allylic oxidation sites excluding steroid dienone is 1. The maximum atomic E-state index is 12.9. The summed E-state index contributed by atoms with van der Waals surface area (Å²) < 4.78 is 34.8. The number of nitrogens with zero attached hydrogens (tertiary/aromatic N) is 1. The molecule has 58 heavy (non-hydrogen) atoms. The van der Waals surface area contributed by atoms with Gasteiger partial charge >= 0.3 is 29.8 Å². The van der Waals surface area contributed by atoms with Gasteiger partial charge in [-0.05, 0) is 38.7 Å². The van der Waals surface area contributed by atoms with Crippen LogP contribution < -0.4 is 10.9 Å². The Morgan fingerprint density at radius 1 is 0.879 bits per heavy atom. The molecule has 7 atom stereocenters. The van der Waals surface area contributed by atoms with Crippen LogP contribution in [0.3, 0.4) is 0 Å². The maximum absolute atomic E-state index is 12.9. The van der Waals surface area contributed by atoms with Crippen molar-refractivity contribution in [3.63, 3.8) is 0 Å². The number of hydrogen-bond acceptors (Lipinski definition) is 16. The molecular formula is C40H54N2O14S2. The van der Waals surface area contributed by atoms with Gasteiger partial charge in [-0.15, -0.1) is 0 Å². The molecule has 0 bridgehead atoms. The summed E-state index contributed by atoms with van der Waals surface area (Å²) in [5, 5.41) is 4.38. The molecule has 1 amide bonds. The van der Waals surface area contributed by atoms with Crippen LogP contribution in [0.4, 0.5) is 5.69 Å². The molecule has 3 rings (SSSR count). The van der Waals surface area contributed by atoms with E-state index in [0.29, 0.717) is 29.8 Å². The molecule has 0 radical (unpaired) electrons. The lowest BCUT2D eigenvalue weighted by Crippen LogP contribution is -2.58. The Morgan fingerprint density at radius 3 is 2.16 bits per heavy atom. The predicted molar refractivity (Wildman–Crippen MR) is 214 cm³/mol. The second-order valence-electron chi connectivity index (χ2n) is 14.2. The highest BCUT2D eigenvalue weighted by molar-refractivity contribution is 7.70. The minimum absolute atomic E-state index is 0.0220. The van der Waals surface area contributed by atoms with Crippen molar-refractivity contribution in [1.29, 1.82) is 0 Å². The van der Waals surface area contributed by atoms with E-state index in [4.69, 9.17) is 28.4 Å². The minimum atomic E-state index is -1.21. The summed E-state index contributed by atoms with van der Waals surface area (Å²) in [6.45, 7) is 11.5. The normalized spacial score (nSPS) is 19.8. The Balaban J connectivity index is 1.55. The number of unbranched alkanes of at least 4 members (excludes halogenated alkanes) is 4.